The van der Waals surface area contributed by atoms with Crippen LogP contribution in [-0.4, -0.2) is 44.3 Å². The van der Waals surface area contributed by atoms with Crippen LogP contribution in [0.2, 0.25) is 0 Å². The van der Waals surface area contributed by atoms with E-state index in [1.807, 2.05) is 37.6 Å². The summed E-state index contributed by atoms with van der Waals surface area (Å²) < 4.78 is 63.5. The smallest absolute Gasteiger partial charge is 0.338 e. The summed E-state index contributed by atoms with van der Waals surface area (Å²) in [5.74, 6) is 0.384. The van der Waals surface area contributed by atoms with Crippen LogP contribution in [0, 0.1) is 6.92 Å². The van der Waals surface area contributed by atoms with Crippen LogP contribution in [0.3, 0.4) is 0 Å². The van der Waals surface area contributed by atoms with Gasteiger partial charge in [0.15, 0.2) is 11.5 Å². The van der Waals surface area contributed by atoms with Crippen LogP contribution < -0.4 is 0 Å². The van der Waals surface area contributed by atoms with Crippen molar-refractivity contribution in [3.05, 3.63) is 41.5 Å². The van der Waals surface area contributed by atoms with E-state index >= 15 is 0 Å². The number of fused-ring (bicyclic) bond motifs is 1. The molecule has 4 aromatic rings. The van der Waals surface area contributed by atoms with Gasteiger partial charge in [-0.05, 0) is 49.4 Å². The molecule has 0 N–H and O–H groups in total. The second kappa shape index (κ2) is 8.70. The van der Waals surface area contributed by atoms with Crippen molar-refractivity contribution in [3.8, 4) is 22.9 Å². The first-order valence-corrected chi connectivity index (χ1v) is 10.9. The van der Waals surface area contributed by atoms with E-state index < -0.39 is 23.2 Å². The van der Waals surface area contributed by atoms with E-state index in [0.717, 1.165) is 22.3 Å². The predicted molar refractivity (Wildman–Crippen MR) is 115 cm³/mol. The molecule has 1 fully saturated rings. The van der Waals surface area contributed by atoms with Crippen molar-refractivity contribution in [1.29, 1.82) is 0 Å². The molecule has 4 heterocycles. The van der Waals surface area contributed by atoms with Gasteiger partial charge >= 0.3 is 17.7 Å². The zero-order valence-corrected chi connectivity index (χ0v) is 19.2. The van der Waals surface area contributed by atoms with Crippen LogP contribution in [0.1, 0.15) is 36.8 Å². The van der Waals surface area contributed by atoms with Crippen LogP contribution in [0.5, 0.6) is 0 Å². The van der Waals surface area contributed by atoms with Crippen molar-refractivity contribution in [2.24, 2.45) is 7.05 Å². The molecule has 0 radical (unpaired) electrons. The highest BCUT2D eigenvalue weighted by Crippen LogP contribution is 2.58. The van der Waals surface area contributed by atoms with Gasteiger partial charge in [-0.1, -0.05) is 12.1 Å². The molecule has 0 amide bonds. The quantitative estimate of drug-likeness (QED) is 0.421. The standard InChI is InChI=1S/C21H19F3N6O.O2S/c1-4-12-8-13(16-28-19(31-29-16)20(5-6-20)21(22,23)24)10-25-15(12)18-27-14-7-11(2)9-26-17(14)30(18)3;1-3-2/h7-10H,4-6H2,1-3H3;. The average Bonchev–Trinajstić information content (AvgIpc) is 3.37. The molecule has 0 atom stereocenters. The lowest BCUT2D eigenvalue weighted by molar-refractivity contribution is -0.166. The molecule has 13 heteroatoms. The Morgan fingerprint density at radius 3 is 2.47 bits per heavy atom. The lowest BCUT2D eigenvalue weighted by Crippen LogP contribution is -2.28. The molecule has 1 saturated carbocycles. The predicted octanol–water partition coefficient (Wildman–Crippen LogP) is 3.87. The average molecular weight is 492 g/mol. The fourth-order valence-corrected chi connectivity index (χ4v) is 3.77. The fourth-order valence-electron chi connectivity index (χ4n) is 3.77. The van der Waals surface area contributed by atoms with Gasteiger partial charge in [0.2, 0.25) is 11.7 Å². The molecule has 5 rings (SSSR count). The van der Waals surface area contributed by atoms with Crippen molar-refractivity contribution in [3.63, 3.8) is 0 Å². The Kier molecular flexibility index (Phi) is 6.06. The minimum Gasteiger partial charge on any atom is -0.338 e. The highest BCUT2D eigenvalue weighted by Gasteiger charge is 2.68. The van der Waals surface area contributed by atoms with E-state index in [4.69, 9.17) is 12.9 Å². The number of hydrogen-bond acceptors (Lipinski definition) is 8. The summed E-state index contributed by atoms with van der Waals surface area (Å²) in [6, 6.07) is 3.78. The number of halogens is 3. The molecule has 0 unspecified atom stereocenters. The third-order valence-corrected chi connectivity index (χ3v) is 5.79. The highest BCUT2D eigenvalue weighted by molar-refractivity contribution is 7.51. The molecule has 34 heavy (non-hydrogen) atoms. The van der Waals surface area contributed by atoms with Crippen molar-refractivity contribution in [2.45, 2.75) is 44.7 Å². The number of nitrogens with zero attached hydrogens (tertiary/aromatic N) is 6. The summed E-state index contributed by atoms with van der Waals surface area (Å²) in [6.07, 6.45) is -0.505. The van der Waals surface area contributed by atoms with Crippen LogP contribution in [-0.2, 0) is 30.5 Å². The van der Waals surface area contributed by atoms with E-state index in [2.05, 4.69) is 25.1 Å². The molecule has 0 aliphatic heterocycles. The normalized spacial score (nSPS) is 14.5. The lowest BCUT2D eigenvalue weighted by Gasteiger charge is -2.13. The Labute approximate surface area is 195 Å². The lowest BCUT2D eigenvalue weighted by atomic mass is 10.1. The van der Waals surface area contributed by atoms with E-state index in [-0.39, 0.29) is 24.6 Å². The van der Waals surface area contributed by atoms with E-state index in [9.17, 15) is 13.2 Å². The van der Waals surface area contributed by atoms with Gasteiger partial charge in [-0.3, -0.25) is 4.98 Å². The van der Waals surface area contributed by atoms with Crippen molar-refractivity contribution < 1.29 is 26.1 Å². The summed E-state index contributed by atoms with van der Waals surface area (Å²) in [5.41, 5.74) is 2.58. The topological polar surface area (TPSA) is 117 Å². The van der Waals surface area contributed by atoms with Gasteiger partial charge in [-0.2, -0.15) is 26.6 Å². The fraction of sp³-hybridized carbons (Fsp3) is 0.381. The zero-order valence-electron chi connectivity index (χ0n) is 18.4. The third-order valence-electron chi connectivity index (χ3n) is 5.79. The summed E-state index contributed by atoms with van der Waals surface area (Å²) in [7, 11) is 1.87. The highest BCUT2D eigenvalue weighted by atomic mass is 32.1. The van der Waals surface area contributed by atoms with Crippen molar-refractivity contribution in [2.75, 3.05) is 0 Å². The van der Waals surface area contributed by atoms with Crippen molar-refractivity contribution in [1.82, 2.24) is 29.7 Å². The number of aryl methyl sites for hydroxylation is 3. The minimum atomic E-state index is -4.40. The molecule has 4 aromatic heterocycles. The number of imidazole rings is 1. The first-order chi connectivity index (χ1) is 16.1. The second-order valence-corrected chi connectivity index (χ2v) is 8.14. The molecular weight excluding hydrogens is 473 g/mol. The third kappa shape index (κ3) is 4.00. The summed E-state index contributed by atoms with van der Waals surface area (Å²) in [4.78, 5) is 17.7. The van der Waals surface area contributed by atoms with Crippen LogP contribution in [0.4, 0.5) is 13.2 Å². The van der Waals surface area contributed by atoms with Gasteiger partial charge in [0, 0.05) is 25.0 Å². The largest absolute Gasteiger partial charge is 0.403 e. The van der Waals surface area contributed by atoms with Gasteiger partial charge in [-0.15, -0.1) is 0 Å². The van der Waals surface area contributed by atoms with Gasteiger partial charge in [0.25, 0.3) is 0 Å². The van der Waals surface area contributed by atoms with Gasteiger partial charge in [0.1, 0.15) is 16.6 Å². The first-order valence-electron chi connectivity index (χ1n) is 10.3. The second-order valence-electron chi connectivity index (χ2n) is 8.01. The van der Waals surface area contributed by atoms with E-state index in [1.165, 1.54) is 6.20 Å². The number of hydrogen-bond donors (Lipinski definition) is 0. The molecule has 1 aliphatic carbocycles. The Bertz CT molecular complexity index is 1400. The van der Waals surface area contributed by atoms with E-state index in [0.29, 0.717) is 23.5 Å². The number of rotatable bonds is 4. The van der Waals surface area contributed by atoms with Crippen LogP contribution in [0.15, 0.2) is 29.0 Å². The maximum Gasteiger partial charge on any atom is 0.403 e. The number of aromatic nitrogens is 6. The van der Waals surface area contributed by atoms with Gasteiger partial charge in [0.05, 0.1) is 0 Å². The molecule has 9 nitrogen and oxygen atoms in total. The Morgan fingerprint density at radius 2 is 1.85 bits per heavy atom. The molecule has 0 spiro atoms. The molecule has 0 saturated heterocycles. The Balaban J connectivity index is 0.000000868. The molecule has 178 valence electrons. The molecular formula is C21H19F3N6O3S. The molecule has 1 aliphatic rings. The summed E-state index contributed by atoms with van der Waals surface area (Å²) in [6.45, 7) is 3.93. The van der Waals surface area contributed by atoms with E-state index in [1.54, 1.807) is 6.20 Å². The molecule has 0 aromatic carbocycles. The van der Waals surface area contributed by atoms with Gasteiger partial charge < -0.3 is 9.09 Å². The molecule has 0 bridgehead atoms. The van der Waals surface area contributed by atoms with Crippen LogP contribution in [0.25, 0.3) is 34.1 Å². The Hall–Kier alpha value is -3.48. The number of alkyl halides is 3. The van der Waals surface area contributed by atoms with Crippen molar-refractivity contribution >= 4 is 22.7 Å². The summed E-state index contributed by atoms with van der Waals surface area (Å²) in [5, 5.41) is 3.79. The maximum absolute atomic E-state index is 13.3. The first kappa shape index (κ1) is 23.7. The summed E-state index contributed by atoms with van der Waals surface area (Å²) >= 11 is -0.750. The van der Waals surface area contributed by atoms with Gasteiger partial charge in [-0.25, -0.2) is 9.97 Å². The van der Waals surface area contributed by atoms with Crippen LogP contribution >= 0.6 is 0 Å². The number of pyridine rings is 2. The minimum absolute atomic E-state index is 0.0320. The maximum atomic E-state index is 13.3. The Morgan fingerprint density at radius 1 is 1.15 bits per heavy atom. The zero-order chi connectivity index (χ0) is 24.7. The SMILES string of the molecule is CCc1cc(-c2noc(C3(C(F)(F)F)CC3)n2)cnc1-c1nc2cc(C)cnc2n1C.O=S=O. The monoisotopic (exact) mass is 492 g/mol.